The second-order valence-electron chi connectivity index (χ2n) is 8.02. The van der Waals surface area contributed by atoms with Gasteiger partial charge in [-0.25, -0.2) is 4.79 Å². The second kappa shape index (κ2) is 14.9. The highest BCUT2D eigenvalue weighted by Crippen LogP contribution is 2.19. The van der Waals surface area contributed by atoms with Gasteiger partial charge in [-0.1, -0.05) is 0 Å². The van der Waals surface area contributed by atoms with Gasteiger partial charge in [-0.15, -0.1) is 0 Å². The molecule has 1 aliphatic heterocycles. The van der Waals surface area contributed by atoms with Crippen molar-refractivity contribution in [1.82, 2.24) is 20.9 Å². The fourth-order valence-corrected chi connectivity index (χ4v) is 4.05. The number of carboxylic acid groups (broad SMARTS) is 2. The van der Waals surface area contributed by atoms with Gasteiger partial charge in [0.2, 0.25) is 29.5 Å². The topological polar surface area (TPSA) is 251 Å². The fraction of sp³-hybridized carbons (Fsp3) is 0.650. The lowest BCUT2D eigenvalue weighted by Crippen LogP contribution is -2.58. The molecule has 16 heteroatoms. The Morgan fingerprint density at radius 2 is 1.58 bits per heavy atom. The molecule has 1 fully saturated rings. The van der Waals surface area contributed by atoms with Crippen molar-refractivity contribution in [2.75, 3.05) is 25.1 Å². The quantitative estimate of drug-likeness (QED) is 0.109. The molecule has 4 atom stereocenters. The molecule has 0 bridgehead atoms. The zero-order valence-electron chi connectivity index (χ0n) is 19.7. The van der Waals surface area contributed by atoms with Crippen molar-refractivity contribution < 1.29 is 43.8 Å². The van der Waals surface area contributed by atoms with Crippen molar-refractivity contribution in [3.8, 4) is 0 Å². The summed E-state index contributed by atoms with van der Waals surface area (Å²) in [6.45, 7) is -0.379. The van der Waals surface area contributed by atoms with E-state index < -0.39 is 85.0 Å². The first kappa shape index (κ1) is 30.6. The summed E-state index contributed by atoms with van der Waals surface area (Å²) in [7, 11) is 0. The van der Waals surface area contributed by atoms with Crippen LogP contribution in [0.5, 0.6) is 0 Å². The fourth-order valence-electron chi connectivity index (χ4n) is 3.57. The predicted molar refractivity (Wildman–Crippen MR) is 126 cm³/mol. The Labute approximate surface area is 211 Å². The third kappa shape index (κ3) is 9.69. The Kier molecular flexibility index (Phi) is 12.7. The van der Waals surface area contributed by atoms with Gasteiger partial charge in [0, 0.05) is 6.54 Å². The van der Waals surface area contributed by atoms with Crippen molar-refractivity contribution in [2.45, 2.75) is 56.3 Å². The molecule has 1 aliphatic rings. The highest BCUT2D eigenvalue weighted by Gasteiger charge is 2.39. The summed E-state index contributed by atoms with van der Waals surface area (Å²) >= 11 is 1.34. The highest BCUT2D eigenvalue weighted by molar-refractivity contribution is 7.98. The number of hydrogen-bond acceptors (Lipinski definition) is 9. The lowest BCUT2D eigenvalue weighted by molar-refractivity contribution is -0.149. The summed E-state index contributed by atoms with van der Waals surface area (Å²) in [6, 6.07) is -5.38. The van der Waals surface area contributed by atoms with E-state index >= 15 is 0 Å². The summed E-state index contributed by atoms with van der Waals surface area (Å²) in [6.07, 6.45) is 1.05. The van der Waals surface area contributed by atoms with Gasteiger partial charge in [0.15, 0.2) is 0 Å². The molecule has 36 heavy (non-hydrogen) atoms. The molecule has 0 aromatic carbocycles. The maximum atomic E-state index is 13.0. The van der Waals surface area contributed by atoms with E-state index in [0.29, 0.717) is 12.2 Å². The number of nitrogens with one attached hydrogen (secondary N) is 3. The predicted octanol–water partition coefficient (Wildman–Crippen LogP) is -3.42. The minimum atomic E-state index is -1.52. The van der Waals surface area contributed by atoms with E-state index in [-0.39, 0.29) is 19.4 Å². The molecule has 202 valence electrons. The minimum absolute atomic E-state index is 0.0579. The van der Waals surface area contributed by atoms with Crippen LogP contribution >= 0.6 is 11.8 Å². The molecular formula is C20H32N6O9S. The second-order valence-corrected chi connectivity index (χ2v) is 9.01. The van der Waals surface area contributed by atoms with E-state index in [1.807, 2.05) is 0 Å². The Bertz CT molecular complexity index is 871. The first-order valence-corrected chi connectivity index (χ1v) is 12.4. The van der Waals surface area contributed by atoms with Crippen LogP contribution in [0.3, 0.4) is 0 Å². The van der Waals surface area contributed by atoms with Crippen LogP contribution in [0.4, 0.5) is 0 Å². The van der Waals surface area contributed by atoms with Gasteiger partial charge in [-0.3, -0.25) is 28.8 Å². The minimum Gasteiger partial charge on any atom is -0.481 e. The van der Waals surface area contributed by atoms with Crippen LogP contribution in [0.1, 0.15) is 32.1 Å². The molecule has 1 heterocycles. The molecule has 1 saturated heterocycles. The van der Waals surface area contributed by atoms with Crippen LogP contribution in [-0.2, 0) is 33.6 Å². The number of aliphatic carboxylic acids is 2. The van der Waals surface area contributed by atoms with Crippen LogP contribution in [0.2, 0.25) is 0 Å². The van der Waals surface area contributed by atoms with Crippen LogP contribution in [-0.4, -0.2) is 106 Å². The van der Waals surface area contributed by atoms with Gasteiger partial charge in [-0.05, 0) is 31.3 Å². The number of carbonyl (C=O) groups is 7. The number of hydrogen-bond donors (Lipinski definition) is 7. The number of amides is 5. The van der Waals surface area contributed by atoms with Crippen LogP contribution < -0.4 is 27.4 Å². The molecule has 0 spiro atoms. The number of nitrogens with zero attached hydrogens (tertiary/aromatic N) is 1. The maximum absolute atomic E-state index is 13.0. The van der Waals surface area contributed by atoms with Crippen molar-refractivity contribution in [3.63, 3.8) is 0 Å². The highest BCUT2D eigenvalue weighted by atomic mass is 32.2. The molecular weight excluding hydrogens is 500 g/mol. The Morgan fingerprint density at radius 1 is 0.972 bits per heavy atom. The molecule has 0 saturated carbocycles. The Balaban J connectivity index is 3.08. The summed E-state index contributed by atoms with van der Waals surface area (Å²) in [5.41, 5.74) is 10.4. The zero-order valence-corrected chi connectivity index (χ0v) is 20.5. The molecule has 1 rings (SSSR count). The van der Waals surface area contributed by atoms with Crippen molar-refractivity contribution in [2.24, 2.45) is 11.5 Å². The molecule has 9 N–H and O–H groups in total. The van der Waals surface area contributed by atoms with Crippen LogP contribution in [0, 0.1) is 0 Å². The number of primary amides is 1. The standard InChI is InChI=1S/C20H32N6O9S/c1-36-6-4-10(24-18(32)11(8-16(29)30)23-15(28)9-21)17(31)25-12(7-14(22)27)19(33)26-5-2-3-13(26)20(34)35/h10-13H,2-9,21H2,1H3,(H2,22,27)(H,23,28)(H,24,32)(H,25,31)(H,29,30)(H,34,35)/t10-,11-,12-,13-/m0/s1. The smallest absolute Gasteiger partial charge is 0.326 e. The largest absolute Gasteiger partial charge is 0.481 e. The molecule has 0 aromatic heterocycles. The van der Waals surface area contributed by atoms with E-state index in [2.05, 4.69) is 16.0 Å². The number of carboxylic acids is 2. The average molecular weight is 533 g/mol. The van der Waals surface area contributed by atoms with E-state index in [1.165, 1.54) is 11.8 Å². The van der Waals surface area contributed by atoms with E-state index in [4.69, 9.17) is 16.6 Å². The Morgan fingerprint density at radius 3 is 2.11 bits per heavy atom. The van der Waals surface area contributed by atoms with Crippen molar-refractivity contribution in [1.29, 1.82) is 0 Å². The van der Waals surface area contributed by atoms with Gasteiger partial charge < -0.3 is 42.5 Å². The van der Waals surface area contributed by atoms with E-state index in [1.54, 1.807) is 6.26 Å². The molecule has 0 radical (unpaired) electrons. The molecule has 0 unspecified atom stereocenters. The maximum Gasteiger partial charge on any atom is 0.326 e. The summed E-state index contributed by atoms with van der Waals surface area (Å²) in [4.78, 5) is 85.6. The van der Waals surface area contributed by atoms with Gasteiger partial charge in [0.25, 0.3) is 0 Å². The first-order valence-electron chi connectivity index (χ1n) is 11.0. The normalized spacial score (nSPS) is 17.4. The lowest BCUT2D eigenvalue weighted by atomic mass is 10.1. The molecule has 0 aliphatic carbocycles. The average Bonchev–Trinajstić information content (AvgIpc) is 3.29. The molecule has 0 aromatic rings. The van der Waals surface area contributed by atoms with Gasteiger partial charge >= 0.3 is 11.9 Å². The number of thioether (sulfide) groups is 1. The summed E-state index contributed by atoms with van der Waals surface area (Å²) < 4.78 is 0. The number of likely N-dealkylation sites (tertiary alicyclic amines) is 1. The first-order chi connectivity index (χ1) is 16.9. The SMILES string of the molecule is CSCC[C@H](NC(=O)[C@H](CC(=O)O)NC(=O)CN)C(=O)N[C@@H](CC(N)=O)C(=O)N1CCC[C@H]1C(=O)O. The van der Waals surface area contributed by atoms with Crippen LogP contribution in [0.15, 0.2) is 0 Å². The number of rotatable bonds is 15. The third-order valence-electron chi connectivity index (χ3n) is 5.30. The number of carbonyl (C=O) groups excluding carboxylic acids is 5. The zero-order chi connectivity index (χ0) is 27.4. The van der Waals surface area contributed by atoms with Gasteiger partial charge in [-0.2, -0.15) is 11.8 Å². The van der Waals surface area contributed by atoms with Gasteiger partial charge in [0.05, 0.1) is 19.4 Å². The summed E-state index contributed by atoms with van der Waals surface area (Å²) in [5, 5.41) is 25.3. The lowest BCUT2D eigenvalue weighted by Gasteiger charge is -2.28. The van der Waals surface area contributed by atoms with Gasteiger partial charge in [0.1, 0.15) is 24.2 Å². The van der Waals surface area contributed by atoms with Crippen LogP contribution in [0.25, 0.3) is 0 Å². The monoisotopic (exact) mass is 532 g/mol. The molecule has 5 amide bonds. The van der Waals surface area contributed by atoms with E-state index in [9.17, 15) is 38.7 Å². The molecule has 15 nitrogen and oxygen atoms in total. The van der Waals surface area contributed by atoms with Crippen molar-refractivity contribution in [3.05, 3.63) is 0 Å². The van der Waals surface area contributed by atoms with Crippen molar-refractivity contribution >= 4 is 53.2 Å². The van der Waals surface area contributed by atoms with E-state index in [0.717, 1.165) is 4.90 Å². The number of nitrogens with two attached hydrogens (primary N) is 2. The summed E-state index contributed by atoms with van der Waals surface area (Å²) in [5.74, 6) is -6.59. The third-order valence-corrected chi connectivity index (χ3v) is 5.94. The Hall–Kier alpha value is -3.40.